The van der Waals surface area contributed by atoms with Crippen LogP contribution in [0, 0.1) is 13.8 Å². The van der Waals surface area contributed by atoms with Crippen molar-refractivity contribution in [3.63, 3.8) is 0 Å². The molecule has 0 aliphatic rings. The number of methoxy groups -OCH3 is 1. The van der Waals surface area contributed by atoms with Crippen molar-refractivity contribution in [1.82, 2.24) is 19.6 Å². The minimum atomic E-state index is 0.254. The van der Waals surface area contributed by atoms with Gasteiger partial charge in [0.05, 0.1) is 30.3 Å². The Morgan fingerprint density at radius 3 is 2.90 bits per heavy atom. The van der Waals surface area contributed by atoms with Crippen LogP contribution in [-0.4, -0.2) is 26.7 Å². The second-order valence-corrected chi connectivity index (χ2v) is 7.98. The topological polar surface area (TPSA) is 74.7 Å². The van der Waals surface area contributed by atoms with E-state index in [1.165, 1.54) is 11.3 Å². The van der Waals surface area contributed by atoms with Gasteiger partial charge in [0.1, 0.15) is 29.6 Å². The predicted molar refractivity (Wildman–Crippen MR) is 116 cm³/mol. The van der Waals surface area contributed by atoms with Crippen molar-refractivity contribution in [2.45, 2.75) is 20.5 Å². The molecule has 154 valence electrons. The molecule has 0 aromatic carbocycles. The molecule has 7 nitrogen and oxygen atoms in total. The van der Waals surface area contributed by atoms with E-state index in [0.717, 1.165) is 22.6 Å². The molecule has 0 fully saturated rings. The van der Waals surface area contributed by atoms with Crippen LogP contribution in [0.3, 0.4) is 0 Å². The van der Waals surface area contributed by atoms with E-state index in [1.807, 2.05) is 43.6 Å². The van der Waals surface area contributed by atoms with Crippen molar-refractivity contribution >= 4 is 34.3 Å². The zero-order valence-electron chi connectivity index (χ0n) is 16.7. The van der Waals surface area contributed by atoms with Crippen LogP contribution in [0.5, 0.6) is 0 Å². The third-order valence-corrected chi connectivity index (χ3v) is 5.37. The van der Waals surface area contributed by atoms with Gasteiger partial charge < -0.3 is 13.9 Å². The molecule has 30 heavy (non-hydrogen) atoms. The van der Waals surface area contributed by atoms with Gasteiger partial charge in [0.2, 0.25) is 0 Å². The van der Waals surface area contributed by atoms with Crippen LogP contribution in [0.25, 0.3) is 22.9 Å². The van der Waals surface area contributed by atoms with Gasteiger partial charge >= 0.3 is 0 Å². The highest BCUT2D eigenvalue weighted by molar-refractivity contribution is 7.13. The number of thiazole rings is 1. The van der Waals surface area contributed by atoms with Crippen LogP contribution in [0.4, 0.5) is 0 Å². The molecule has 0 saturated heterocycles. The fourth-order valence-electron chi connectivity index (χ4n) is 2.85. The first-order valence-electron chi connectivity index (χ1n) is 9.04. The summed E-state index contributed by atoms with van der Waals surface area (Å²) in [5.74, 6) is 2.30. The first kappa shape index (κ1) is 20.2. The number of imidazole rings is 1. The fourth-order valence-corrected chi connectivity index (χ4v) is 3.62. The molecule has 4 aromatic rings. The number of ether oxygens (including phenoxy) is 2. The Bertz CT molecular complexity index is 1250. The Morgan fingerprint density at radius 2 is 2.17 bits per heavy atom. The maximum atomic E-state index is 6.01. The fraction of sp³-hybridized carbons (Fsp3) is 0.190. The highest BCUT2D eigenvalue weighted by Gasteiger charge is 2.18. The molecule has 0 N–H and O–H groups in total. The van der Waals surface area contributed by atoms with Crippen molar-refractivity contribution in [3.8, 4) is 11.5 Å². The number of nitrogens with zero attached hydrogens (tertiary/aromatic N) is 4. The molecule has 9 heteroatoms. The third kappa shape index (κ3) is 4.24. The smallest absolute Gasteiger partial charge is 0.183 e. The van der Waals surface area contributed by atoms with Crippen LogP contribution in [-0.2, 0) is 16.1 Å². The molecule has 4 aromatic heterocycles. The number of aryl methyl sites for hydroxylation is 2. The van der Waals surface area contributed by atoms with Crippen molar-refractivity contribution in [2.24, 2.45) is 0 Å². The van der Waals surface area contributed by atoms with Gasteiger partial charge in [0, 0.05) is 11.5 Å². The van der Waals surface area contributed by atoms with E-state index >= 15 is 0 Å². The monoisotopic (exact) mass is 442 g/mol. The summed E-state index contributed by atoms with van der Waals surface area (Å²) in [6, 6.07) is 5.71. The Kier molecular flexibility index (Phi) is 5.61. The molecule has 0 bridgehead atoms. The van der Waals surface area contributed by atoms with Gasteiger partial charge in [0.15, 0.2) is 15.9 Å². The highest BCUT2D eigenvalue weighted by Crippen LogP contribution is 2.31. The number of hydrogen-bond donors (Lipinski definition) is 0. The highest BCUT2D eigenvalue weighted by atomic mass is 35.5. The summed E-state index contributed by atoms with van der Waals surface area (Å²) in [4.78, 5) is 8.81. The summed E-state index contributed by atoms with van der Waals surface area (Å²) in [5, 5.41) is 6.28. The second kappa shape index (κ2) is 8.33. The van der Waals surface area contributed by atoms with Gasteiger partial charge in [-0.3, -0.25) is 0 Å². The van der Waals surface area contributed by atoms with E-state index in [9.17, 15) is 0 Å². The van der Waals surface area contributed by atoms with E-state index in [0.29, 0.717) is 33.2 Å². The average molecular weight is 443 g/mol. The third-order valence-electron chi connectivity index (χ3n) is 4.34. The maximum Gasteiger partial charge on any atom is 0.183 e. The zero-order chi connectivity index (χ0) is 21.3. The summed E-state index contributed by atoms with van der Waals surface area (Å²) in [7, 11) is 1.55. The molecule has 4 heterocycles. The van der Waals surface area contributed by atoms with E-state index in [1.54, 1.807) is 17.7 Å². The first-order valence-corrected chi connectivity index (χ1v) is 10.3. The van der Waals surface area contributed by atoms with Crippen LogP contribution < -0.4 is 0 Å². The van der Waals surface area contributed by atoms with Crippen LogP contribution in [0.15, 0.2) is 52.6 Å². The van der Waals surface area contributed by atoms with Gasteiger partial charge in [-0.1, -0.05) is 18.2 Å². The lowest BCUT2D eigenvalue weighted by atomic mass is 10.2. The molecule has 0 unspecified atom stereocenters. The Morgan fingerprint density at radius 1 is 1.33 bits per heavy atom. The molecule has 4 rings (SSSR count). The van der Waals surface area contributed by atoms with Crippen LogP contribution in [0.1, 0.15) is 22.7 Å². The second-order valence-electron chi connectivity index (χ2n) is 6.54. The Labute approximate surface area is 182 Å². The number of fused-ring (bicyclic) bond motifs is 1. The molecule has 0 spiro atoms. The summed E-state index contributed by atoms with van der Waals surface area (Å²) in [5.41, 5.74) is 3.83. The summed E-state index contributed by atoms with van der Waals surface area (Å²) in [6.45, 7) is 7.91. The average Bonchev–Trinajstić information content (AvgIpc) is 3.42. The standard InChI is InChI=1S/C21H19ClN4O3S/c1-12-5-6-20-24-17(9-26(20)25-12)19-8-16(14(3)29-19)18(7-13(2)27-4)28-10-15-11-30-21(22)23-15/h5-9,11H,2,10H2,1,3-4H3/b18-7+. The Balaban J connectivity index is 1.67. The van der Waals surface area contributed by atoms with Gasteiger partial charge in [-0.2, -0.15) is 5.10 Å². The van der Waals surface area contributed by atoms with Gasteiger partial charge in [-0.05, 0) is 32.0 Å². The summed E-state index contributed by atoms with van der Waals surface area (Å²) in [6.07, 6.45) is 3.55. The zero-order valence-corrected chi connectivity index (χ0v) is 18.3. The lowest BCUT2D eigenvalue weighted by Crippen LogP contribution is -1.96. The van der Waals surface area contributed by atoms with Crippen molar-refractivity contribution in [3.05, 3.63) is 75.4 Å². The van der Waals surface area contributed by atoms with E-state index < -0.39 is 0 Å². The number of furan rings is 1. The molecule has 0 atom stereocenters. The molecule has 0 amide bonds. The number of rotatable bonds is 7. The Hall–Kier alpha value is -3.10. The lowest BCUT2D eigenvalue weighted by molar-refractivity contribution is 0.255. The minimum Gasteiger partial charge on any atom is -0.497 e. The quantitative estimate of drug-likeness (QED) is 0.280. The molecule has 0 aliphatic carbocycles. The number of aromatic nitrogens is 4. The summed E-state index contributed by atoms with van der Waals surface area (Å²) >= 11 is 7.27. The van der Waals surface area contributed by atoms with Crippen LogP contribution >= 0.6 is 22.9 Å². The SMILES string of the molecule is C=C(/C=C(/OCc1csc(Cl)n1)c1cc(-c2cn3nc(C)ccc3n2)oc1C)OC. The van der Waals surface area contributed by atoms with Crippen LogP contribution in [0.2, 0.25) is 4.47 Å². The maximum absolute atomic E-state index is 6.01. The number of hydrogen-bond acceptors (Lipinski definition) is 7. The van der Waals surface area contributed by atoms with Gasteiger partial charge in [-0.25, -0.2) is 14.5 Å². The number of halogens is 1. The largest absolute Gasteiger partial charge is 0.497 e. The summed E-state index contributed by atoms with van der Waals surface area (Å²) < 4.78 is 19.4. The molecule has 0 aliphatic heterocycles. The predicted octanol–water partition coefficient (Wildman–Crippen LogP) is 5.43. The van der Waals surface area contributed by atoms with Crippen molar-refractivity contribution < 1.29 is 13.9 Å². The van der Waals surface area contributed by atoms with Gasteiger partial charge in [-0.15, -0.1) is 11.3 Å². The molecule has 0 saturated carbocycles. The van der Waals surface area contributed by atoms with E-state index in [-0.39, 0.29) is 6.61 Å². The normalized spacial score (nSPS) is 11.8. The van der Waals surface area contributed by atoms with Crippen molar-refractivity contribution in [2.75, 3.05) is 7.11 Å². The van der Waals surface area contributed by atoms with E-state index in [4.69, 9.17) is 25.5 Å². The first-order chi connectivity index (χ1) is 14.4. The van der Waals surface area contributed by atoms with Crippen molar-refractivity contribution in [1.29, 1.82) is 0 Å². The van der Waals surface area contributed by atoms with Gasteiger partial charge in [0.25, 0.3) is 0 Å². The number of allylic oxidation sites excluding steroid dienone is 1. The lowest BCUT2D eigenvalue weighted by Gasteiger charge is -2.09. The minimum absolute atomic E-state index is 0.254. The molecular formula is C21H19ClN4O3S. The van der Waals surface area contributed by atoms with E-state index in [2.05, 4.69) is 21.6 Å². The molecule has 0 radical (unpaired) electrons. The molecular weight excluding hydrogens is 424 g/mol.